The Hall–Kier alpha value is -1.77. The maximum absolute atomic E-state index is 11.7. The average molecular weight is 228 g/mol. The minimum atomic E-state index is -0.535. The fourth-order valence-corrected chi connectivity index (χ4v) is 2.92. The molecular weight excluding hydrogens is 212 g/mol. The molecule has 3 heteroatoms. The monoisotopic (exact) mass is 228 g/mol. The maximum Gasteiger partial charge on any atom is 0.229 e. The highest BCUT2D eigenvalue weighted by Gasteiger charge is 2.39. The summed E-state index contributed by atoms with van der Waals surface area (Å²) >= 11 is 0. The highest BCUT2D eigenvalue weighted by Crippen LogP contribution is 2.39. The summed E-state index contributed by atoms with van der Waals surface area (Å²) in [5, 5.41) is 1.23. The maximum atomic E-state index is 11.7. The van der Waals surface area contributed by atoms with Crippen molar-refractivity contribution < 1.29 is 4.79 Å². The third kappa shape index (κ3) is 1.32. The smallest absolute Gasteiger partial charge is 0.229 e. The van der Waals surface area contributed by atoms with Crippen molar-refractivity contribution in [3.63, 3.8) is 0 Å². The number of para-hydroxylation sites is 1. The molecule has 3 N–H and O–H groups in total. The summed E-state index contributed by atoms with van der Waals surface area (Å²) in [4.78, 5) is 15.1. The lowest BCUT2D eigenvalue weighted by Crippen LogP contribution is -2.41. The molecule has 2 aromatic rings. The van der Waals surface area contributed by atoms with E-state index in [0.29, 0.717) is 0 Å². The number of nitrogens with one attached hydrogen (secondary N) is 1. The second kappa shape index (κ2) is 3.36. The van der Waals surface area contributed by atoms with Crippen LogP contribution in [0.25, 0.3) is 10.9 Å². The van der Waals surface area contributed by atoms with Crippen LogP contribution in [0.4, 0.5) is 0 Å². The fraction of sp³-hybridized carbons (Fsp3) is 0.357. The quantitative estimate of drug-likeness (QED) is 0.772. The van der Waals surface area contributed by atoms with Crippen molar-refractivity contribution in [2.45, 2.75) is 31.6 Å². The van der Waals surface area contributed by atoms with Crippen molar-refractivity contribution in [2.24, 2.45) is 5.73 Å². The van der Waals surface area contributed by atoms with Gasteiger partial charge in [0.1, 0.15) is 0 Å². The number of primary amides is 1. The predicted octanol–water partition coefficient (Wildman–Crippen LogP) is 2.25. The number of nitrogens with two attached hydrogens (primary N) is 1. The van der Waals surface area contributed by atoms with Crippen molar-refractivity contribution in [3.8, 4) is 0 Å². The van der Waals surface area contributed by atoms with Crippen molar-refractivity contribution in [2.75, 3.05) is 0 Å². The highest BCUT2D eigenvalue weighted by molar-refractivity contribution is 5.92. The molecule has 0 saturated carbocycles. The zero-order valence-corrected chi connectivity index (χ0v) is 9.92. The van der Waals surface area contributed by atoms with Crippen LogP contribution in [0.15, 0.2) is 24.3 Å². The van der Waals surface area contributed by atoms with Crippen LogP contribution in [0.1, 0.15) is 31.0 Å². The van der Waals surface area contributed by atoms with Gasteiger partial charge in [0.15, 0.2) is 0 Å². The lowest BCUT2D eigenvalue weighted by atomic mass is 9.74. The summed E-state index contributed by atoms with van der Waals surface area (Å²) in [6.07, 6.45) is 2.89. The number of amides is 1. The second-order valence-corrected chi connectivity index (χ2v) is 5.07. The standard InChI is InChI=1S/C14H16N2O/c1-14(13(15)17)8-4-6-10-9-5-2-3-7-11(9)16-12(10)14/h2-3,5,7,16H,4,6,8H2,1H3,(H2,15,17). The second-order valence-electron chi connectivity index (χ2n) is 5.07. The van der Waals surface area contributed by atoms with Gasteiger partial charge < -0.3 is 10.7 Å². The van der Waals surface area contributed by atoms with Crippen molar-refractivity contribution in [1.29, 1.82) is 0 Å². The fourth-order valence-electron chi connectivity index (χ4n) is 2.92. The molecule has 1 aromatic carbocycles. The number of fused-ring (bicyclic) bond motifs is 3. The van der Waals surface area contributed by atoms with E-state index in [-0.39, 0.29) is 5.91 Å². The first-order valence-corrected chi connectivity index (χ1v) is 6.03. The molecule has 1 heterocycles. The summed E-state index contributed by atoms with van der Waals surface area (Å²) in [6.45, 7) is 1.95. The molecule has 1 aromatic heterocycles. The van der Waals surface area contributed by atoms with Gasteiger partial charge in [0, 0.05) is 16.6 Å². The molecule has 1 amide bonds. The Morgan fingerprint density at radius 3 is 2.94 bits per heavy atom. The van der Waals surface area contributed by atoms with E-state index < -0.39 is 5.41 Å². The molecule has 1 atom stereocenters. The Bertz CT molecular complexity index is 599. The molecule has 1 aliphatic carbocycles. The van der Waals surface area contributed by atoms with Crippen LogP contribution in [0, 0.1) is 0 Å². The number of aromatic nitrogens is 1. The molecule has 3 rings (SSSR count). The Kier molecular flexibility index (Phi) is 2.05. The van der Waals surface area contributed by atoms with E-state index in [1.165, 1.54) is 10.9 Å². The summed E-state index contributed by atoms with van der Waals surface area (Å²) < 4.78 is 0. The van der Waals surface area contributed by atoms with Gasteiger partial charge in [0.05, 0.1) is 5.41 Å². The first-order valence-electron chi connectivity index (χ1n) is 6.03. The predicted molar refractivity (Wildman–Crippen MR) is 67.8 cm³/mol. The van der Waals surface area contributed by atoms with Crippen molar-refractivity contribution in [3.05, 3.63) is 35.5 Å². The number of rotatable bonds is 1. The third-order valence-corrected chi connectivity index (χ3v) is 4.01. The van der Waals surface area contributed by atoms with Crippen molar-refractivity contribution in [1.82, 2.24) is 4.98 Å². The zero-order valence-electron chi connectivity index (χ0n) is 9.92. The van der Waals surface area contributed by atoms with Crippen LogP contribution in [0.5, 0.6) is 0 Å². The zero-order chi connectivity index (χ0) is 12.0. The molecule has 88 valence electrons. The Morgan fingerprint density at radius 1 is 1.41 bits per heavy atom. The van der Waals surface area contributed by atoms with Crippen LogP contribution in [0.3, 0.4) is 0 Å². The number of aromatic amines is 1. The molecule has 0 saturated heterocycles. The third-order valence-electron chi connectivity index (χ3n) is 4.01. The highest BCUT2D eigenvalue weighted by atomic mass is 16.1. The van der Waals surface area contributed by atoms with E-state index in [1.807, 2.05) is 19.1 Å². The SMILES string of the molecule is CC1(C(N)=O)CCCc2c1[nH]c1ccccc21. The lowest BCUT2D eigenvalue weighted by molar-refractivity contribution is -0.123. The van der Waals surface area contributed by atoms with E-state index in [4.69, 9.17) is 5.73 Å². The largest absolute Gasteiger partial charge is 0.369 e. The van der Waals surface area contributed by atoms with E-state index in [9.17, 15) is 4.79 Å². The first-order chi connectivity index (χ1) is 8.13. The number of aryl methyl sites for hydroxylation is 1. The lowest BCUT2D eigenvalue weighted by Gasteiger charge is -2.30. The number of H-pyrrole nitrogens is 1. The molecule has 3 nitrogen and oxygen atoms in total. The van der Waals surface area contributed by atoms with Crippen molar-refractivity contribution >= 4 is 16.8 Å². The molecule has 0 aliphatic heterocycles. The van der Waals surface area contributed by atoms with Crippen LogP contribution in [0.2, 0.25) is 0 Å². The van der Waals surface area contributed by atoms with E-state index in [2.05, 4.69) is 17.1 Å². The minimum absolute atomic E-state index is 0.231. The number of carbonyl (C=O) groups is 1. The van der Waals surface area contributed by atoms with Crippen LogP contribution < -0.4 is 5.73 Å². The van der Waals surface area contributed by atoms with Crippen LogP contribution in [-0.2, 0) is 16.6 Å². The van der Waals surface area contributed by atoms with Gasteiger partial charge in [0.2, 0.25) is 5.91 Å². The van der Waals surface area contributed by atoms with Gasteiger partial charge in [-0.3, -0.25) is 4.79 Å². The Morgan fingerprint density at radius 2 is 2.18 bits per heavy atom. The van der Waals surface area contributed by atoms with Gasteiger partial charge in [0.25, 0.3) is 0 Å². The van der Waals surface area contributed by atoms with Gasteiger partial charge in [-0.25, -0.2) is 0 Å². The summed E-state index contributed by atoms with van der Waals surface area (Å²) in [5.74, 6) is -0.231. The molecule has 0 radical (unpaired) electrons. The molecule has 17 heavy (non-hydrogen) atoms. The Labute approximate surface area is 100 Å². The molecule has 0 fully saturated rings. The number of carbonyl (C=O) groups excluding carboxylic acids is 1. The normalized spacial score (nSPS) is 23.6. The average Bonchev–Trinajstić information content (AvgIpc) is 2.70. The van der Waals surface area contributed by atoms with Gasteiger partial charge in [-0.1, -0.05) is 18.2 Å². The minimum Gasteiger partial charge on any atom is -0.369 e. The van der Waals surface area contributed by atoms with E-state index in [0.717, 1.165) is 30.5 Å². The number of hydrogen-bond acceptors (Lipinski definition) is 1. The van der Waals surface area contributed by atoms with E-state index in [1.54, 1.807) is 0 Å². The van der Waals surface area contributed by atoms with E-state index >= 15 is 0 Å². The van der Waals surface area contributed by atoms with Gasteiger partial charge >= 0.3 is 0 Å². The summed E-state index contributed by atoms with van der Waals surface area (Å²) in [6, 6.07) is 8.20. The molecule has 0 bridgehead atoms. The van der Waals surface area contributed by atoms with Gasteiger partial charge in [-0.15, -0.1) is 0 Å². The van der Waals surface area contributed by atoms with Crippen LogP contribution >= 0.6 is 0 Å². The first kappa shape index (κ1) is 10.4. The number of hydrogen-bond donors (Lipinski definition) is 2. The molecule has 1 unspecified atom stereocenters. The van der Waals surface area contributed by atoms with Gasteiger partial charge in [-0.2, -0.15) is 0 Å². The topological polar surface area (TPSA) is 58.9 Å². The van der Waals surface area contributed by atoms with Gasteiger partial charge in [-0.05, 0) is 37.8 Å². The number of benzene rings is 1. The van der Waals surface area contributed by atoms with Crippen LogP contribution in [-0.4, -0.2) is 10.9 Å². The summed E-state index contributed by atoms with van der Waals surface area (Å²) in [5.41, 5.74) is 8.44. The molecular formula is C14H16N2O. The Balaban J connectivity index is 2.31. The summed E-state index contributed by atoms with van der Waals surface area (Å²) in [7, 11) is 0. The molecule has 1 aliphatic rings. The molecule has 0 spiro atoms.